The zero-order valence-corrected chi connectivity index (χ0v) is 16.2. The van der Waals surface area contributed by atoms with E-state index in [4.69, 9.17) is 16.3 Å². The van der Waals surface area contributed by atoms with Crippen molar-refractivity contribution in [2.24, 2.45) is 0 Å². The third kappa shape index (κ3) is 3.52. The number of hydrogen-bond donors (Lipinski definition) is 0. The van der Waals surface area contributed by atoms with Crippen LogP contribution in [0.5, 0.6) is 0 Å². The molecule has 4 rings (SSSR count). The first-order chi connectivity index (χ1) is 14.0. The van der Waals surface area contributed by atoms with Gasteiger partial charge in [-0.05, 0) is 36.8 Å². The van der Waals surface area contributed by atoms with Gasteiger partial charge < -0.3 is 9.30 Å². The molecule has 0 aliphatic carbocycles. The first-order valence-corrected chi connectivity index (χ1v) is 9.33. The summed E-state index contributed by atoms with van der Waals surface area (Å²) in [6, 6.07) is 13.8. The highest BCUT2D eigenvalue weighted by Gasteiger charge is 2.18. The number of carbonyl (C=O) groups excluding carboxylic acids is 1. The Morgan fingerprint density at radius 3 is 2.69 bits per heavy atom. The molecule has 7 nitrogen and oxygen atoms in total. The van der Waals surface area contributed by atoms with Gasteiger partial charge in [-0.1, -0.05) is 23.7 Å². The highest BCUT2D eigenvalue weighted by atomic mass is 35.5. The Kier molecular flexibility index (Phi) is 4.90. The van der Waals surface area contributed by atoms with Crippen molar-refractivity contribution < 1.29 is 14.5 Å². The summed E-state index contributed by atoms with van der Waals surface area (Å²) in [6.07, 6.45) is 1.60. The summed E-state index contributed by atoms with van der Waals surface area (Å²) >= 11 is 6.11. The van der Waals surface area contributed by atoms with E-state index in [1.54, 1.807) is 31.3 Å². The van der Waals surface area contributed by atoms with Gasteiger partial charge in [0.1, 0.15) is 5.69 Å². The minimum absolute atomic E-state index is 0.0196. The van der Waals surface area contributed by atoms with Crippen molar-refractivity contribution >= 4 is 45.1 Å². The minimum Gasteiger partial charge on any atom is -0.461 e. The van der Waals surface area contributed by atoms with Crippen LogP contribution in [-0.2, 0) is 11.3 Å². The zero-order chi connectivity index (χ0) is 20.5. The number of nitrogens with zero attached hydrogens (tertiary/aromatic N) is 3. The number of fused-ring (bicyclic) bond motifs is 3. The molecule has 0 saturated carbocycles. The molecule has 146 valence electrons. The molecule has 0 fully saturated rings. The molecule has 2 aromatic heterocycles. The lowest BCUT2D eigenvalue weighted by Crippen LogP contribution is -2.07. The Morgan fingerprint density at radius 2 is 1.97 bits per heavy atom. The number of hydrogen-bond acceptors (Lipinski definition) is 5. The molecule has 0 bridgehead atoms. The highest BCUT2D eigenvalue weighted by Crippen LogP contribution is 2.32. The minimum atomic E-state index is -0.532. The van der Waals surface area contributed by atoms with Gasteiger partial charge in [0.05, 0.1) is 23.2 Å². The van der Waals surface area contributed by atoms with E-state index < -0.39 is 10.9 Å². The average Bonchev–Trinajstić information content (AvgIpc) is 3.01. The summed E-state index contributed by atoms with van der Waals surface area (Å²) in [5.74, 6) is -0.532. The van der Waals surface area contributed by atoms with Gasteiger partial charge in [-0.2, -0.15) is 0 Å². The molecule has 8 heteroatoms. The summed E-state index contributed by atoms with van der Waals surface area (Å²) in [4.78, 5) is 27.2. The fourth-order valence-corrected chi connectivity index (χ4v) is 3.62. The van der Waals surface area contributed by atoms with E-state index in [0.29, 0.717) is 22.3 Å². The van der Waals surface area contributed by atoms with Crippen molar-refractivity contribution in [3.8, 4) is 0 Å². The quantitative estimate of drug-likeness (QED) is 0.263. The van der Waals surface area contributed by atoms with E-state index >= 15 is 0 Å². The second-order valence-electron chi connectivity index (χ2n) is 6.48. The lowest BCUT2D eigenvalue weighted by atomic mass is 10.1. The van der Waals surface area contributed by atoms with Crippen LogP contribution < -0.4 is 0 Å². The van der Waals surface area contributed by atoms with E-state index in [1.165, 1.54) is 12.1 Å². The Hall–Kier alpha value is -3.45. The monoisotopic (exact) mass is 409 g/mol. The number of non-ortho nitro benzene ring substituents is 1. The van der Waals surface area contributed by atoms with Gasteiger partial charge in [-0.15, -0.1) is 0 Å². The SMILES string of the molecule is CCOC(=O)c1cc2c3cc([N+](=O)[O-])ccc3n(Cc3cccc(Cl)c3)c2cn1. The molecule has 0 amide bonds. The molecule has 0 N–H and O–H groups in total. The number of esters is 1. The Bertz CT molecular complexity index is 1270. The van der Waals surface area contributed by atoms with Crippen molar-refractivity contribution in [1.82, 2.24) is 9.55 Å². The van der Waals surface area contributed by atoms with Crippen molar-refractivity contribution in [2.45, 2.75) is 13.5 Å². The summed E-state index contributed by atoms with van der Waals surface area (Å²) in [5, 5.41) is 13.3. The van der Waals surface area contributed by atoms with E-state index in [2.05, 4.69) is 4.98 Å². The maximum Gasteiger partial charge on any atom is 0.356 e. The summed E-state index contributed by atoms with van der Waals surface area (Å²) < 4.78 is 7.04. The number of nitro benzene ring substituents is 1. The molecule has 4 aromatic rings. The third-order valence-corrected chi connectivity index (χ3v) is 4.90. The van der Waals surface area contributed by atoms with Crippen LogP contribution in [0, 0.1) is 10.1 Å². The molecule has 0 aliphatic rings. The van der Waals surface area contributed by atoms with Gasteiger partial charge in [0, 0.05) is 40.0 Å². The third-order valence-electron chi connectivity index (χ3n) is 4.66. The van der Waals surface area contributed by atoms with E-state index in [0.717, 1.165) is 16.6 Å². The molecule has 2 aromatic carbocycles. The van der Waals surface area contributed by atoms with Crippen molar-refractivity contribution in [2.75, 3.05) is 6.61 Å². The number of nitro groups is 1. The second kappa shape index (κ2) is 7.52. The summed E-state index contributed by atoms with van der Waals surface area (Å²) in [7, 11) is 0. The van der Waals surface area contributed by atoms with Gasteiger partial charge in [-0.25, -0.2) is 9.78 Å². The van der Waals surface area contributed by atoms with Crippen LogP contribution in [0.4, 0.5) is 5.69 Å². The van der Waals surface area contributed by atoms with Crippen molar-refractivity contribution in [3.63, 3.8) is 0 Å². The second-order valence-corrected chi connectivity index (χ2v) is 6.92. The average molecular weight is 410 g/mol. The number of benzene rings is 2. The fraction of sp³-hybridized carbons (Fsp3) is 0.143. The number of ether oxygens (including phenoxy) is 1. The number of halogens is 1. The van der Waals surface area contributed by atoms with Gasteiger partial charge in [0.2, 0.25) is 0 Å². The van der Waals surface area contributed by atoms with Crippen LogP contribution in [0.25, 0.3) is 21.8 Å². The van der Waals surface area contributed by atoms with Crippen LogP contribution in [0.2, 0.25) is 5.02 Å². The van der Waals surface area contributed by atoms with Crippen LogP contribution >= 0.6 is 11.6 Å². The molecular weight excluding hydrogens is 394 g/mol. The van der Waals surface area contributed by atoms with Crippen LogP contribution in [0.3, 0.4) is 0 Å². The number of aromatic nitrogens is 2. The molecule has 0 aliphatic heterocycles. The molecule has 29 heavy (non-hydrogen) atoms. The fourth-order valence-electron chi connectivity index (χ4n) is 3.40. The van der Waals surface area contributed by atoms with Gasteiger partial charge >= 0.3 is 5.97 Å². The first-order valence-electron chi connectivity index (χ1n) is 8.96. The molecule has 0 unspecified atom stereocenters. The predicted octanol–water partition coefficient (Wildman–Crippen LogP) is 4.98. The van der Waals surface area contributed by atoms with Crippen LogP contribution in [0.1, 0.15) is 23.0 Å². The zero-order valence-electron chi connectivity index (χ0n) is 15.5. The molecule has 2 heterocycles. The smallest absolute Gasteiger partial charge is 0.356 e. The van der Waals surface area contributed by atoms with Gasteiger partial charge in [0.25, 0.3) is 5.69 Å². The Balaban J connectivity index is 1.95. The molecule has 0 atom stereocenters. The molecule has 0 saturated heterocycles. The van der Waals surface area contributed by atoms with E-state index in [9.17, 15) is 14.9 Å². The van der Waals surface area contributed by atoms with Gasteiger partial charge in [0.15, 0.2) is 0 Å². The van der Waals surface area contributed by atoms with Gasteiger partial charge in [-0.3, -0.25) is 10.1 Å². The standard InChI is InChI=1S/C21H16ClN3O4/c1-2-29-21(26)18-10-17-16-9-15(25(27)28)6-7-19(16)24(20(17)11-23-18)12-13-4-3-5-14(22)8-13/h3-11H,2,12H2,1H3. The maximum atomic E-state index is 12.1. The first kappa shape index (κ1) is 18.9. The Labute approximate surface area is 170 Å². The maximum absolute atomic E-state index is 12.1. The normalized spacial score (nSPS) is 11.1. The summed E-state index contributed by atoms with van der Waals surface area (Å²) in [5.41, 5.74) is 2.67. The highest BCUT2D eigenvalue weighted by molar-refractivity contribution is 6.30. The molecule has 0 radical (unpaired) electrons. The molecule has 0 spiro atoms. The Morgan fingerprint density at radius 1 is 1.17 bits per heavy atom. The van der Waals surface area contributed by atoms with Crippen LogP contribution in [-0.4, -0.2) is 27.1 Å². The van der Waals surface area contributed by atoms with Crippen LogP contribution in [0.15, 0.2) is 54.7 Å². The topological polar surface area (TPSA) is 87.3 Å². The number of pyridine rings is 1. The largest absolute Gasteiger partial charge is 0.461 e. The summed E-state index contributed by atoms with van der Waals surface area (Å²) in [6.45, 7) is 2.45. The van der Waals surface area contributed by atoms with E-state index in [-0.39, 0.29) is 18.0 Å². The van der Waals surface area contributed by atoms with Crippen molar-refractivity contribution in [1.29, 1.82) is 0 Å². The van der Waals surface area contributed by atoms with E-state index in [1.807, 2.05) is 22.8 Å². The number of carbonyl (C=O) groups is 1. The predicted molar refractivity (Wildman–Crippen MR) is 110 cm³/mol. The van der Waals surface area contributed by atoms with Crippen molar-refractivity contribution in [3.05, 3.63) is 81.1 Å². The lowest BCUT2D eigenvalue weighted by Gasteiger charge is -2.08. The molecular formula is C21H16ClN3O4. The number of rotatable bonds is 5. The lowest BCUT2D eigenvalue weighted by molar-refractivity contribution is -0.384.